The second-order valence-corrected chi connectivity index (χ2v) is 9.80. The van der Waals surface area contributed by atoms with Crippen LogP contribution in [0.2, 0.25) is 0 Å². The van der Waals surface area contributed by atoms with Gasteiger partial charge in [-0.25, -0.2) is 0 Å². The first-order valence-electron chi connectivity index (χ1n) is 11.1. The minimum Gasteiger partial charge on any atom is -0.311 e. The van der Waals surface area contributed by atoms with Crippen molar-refractivity contribution in [2.45, 2.75) is 76.7 Å². The third kappa shape index (κ3) is 3.73. The molecule has 1 saturated carbocycles. The van der Waals surface area contributed by atoms with E-state index in [4.69, 9.17) is 0 Å². The molecule has 0 bridgehead atoms. The molecule has 3 aliphatic rings. The van der Waals surface area contributed by atoms with Crippen molar-refractivity contribution < 1.29 is 0 Å². The van der Waals surface area contributed by atoms with Gasteiger partial charge < -0.3 is 9.47 Å². The molecule has 0 N–H and O–H groups in total. The molecule has 2 aromatic rings. The maximum Gasteiger partial charge on any atom is 0.165 e. The van der Waals surface area contributed by atoms with Crippen molar-refractivity contribution in [1.29, 1.82) is 0 Å². The molecular weight excluding hydrogens is 352 g/mol. The molecule has 0 radical (unpaired) electrons. The highest BCUT2D eigenvalue weighted by molar-refractivity contribution is 7.10. The molecular formula is C22H32N4S. The molecule has 4 heterocycles. The third-order valence-electron chi connectivity index (χ3n) is 7.08. The van der Waals surface area contributed by atoms with E-state index < -0.39 is 0 Å². The van der Waals surface area contributed by atoms with Gasteiger partial charge in [-0.05, 0) is 69.1 Å². The Morgan fingerprint density at radius 1 is 0.963 bits per heavy atom. The fourth-order valence-electron chi connectivity index (χ4n) is 5.42. The number of aromatic nitrogens is 3. The number of fused-ring (bicyclic) bond motifs is 3. The summed E-state index contributed by atoms with van der Waals surface area (Å²) < 4.78 is 2.45. The van der Waals surface area contributed by atoms with Crippen LogP contribution in [-0.2, 0) is 13.0 Å². The minimum atomic E-state index is 0.595. The van der Waals surface area contributed by atoms with E-state index in [2.05, 4.69) is 31.1 Å². The van der Waals surface area contributed by atoms with Crippen LogP contribution in [0.25, 0.3) is 11.4 Å². The van der Waals surface area contributed by atoms with Crippen LogP contribution in [-0.4, -0.2) is 39.3 Å². The number of rotatable bonds is 4. The van der Waals surface area contributed by atoms with E-state index in [1.807, 2.05) is 11.3 Å². The lowest BCUT2D eigenvalue weighted by molar-refractivity contribution is 0.185. The first kappa shape index (κ1) is 17.9. The van der Waals surface area contributed by atoms with Gasteiger partial charge in [-0.2, -0.15) is 0 Å². The van der Waals surface area contributed by atoms with E-state index in [9.17, 15) is 0 Å². The summed E-state index contributed by atoms with van der Waals surface area (Å²) in [7, 11) is 0. The lowest BCUT2D eigenvalue weighted by atomic mass is 9.86. The first-order chi connectivity index (χ1) is 13.4. The maximum absolute atomic E-state index is 4.69. The second kappa shape index (κ2) is 8.04. The number of likely N-dealkylation sites (tertiary alicyclic amines) is 1. The van der Waals surface area contributed by atoms with Crippen LogP contribution >= 0.6 is 11.3 Å². The van der Waals surface area contributed by atoms with Crippen molar-refractivity contribution in [1.82, 2.24) is 19.7 Å². The molecule has 5 rings (SSSR count). The summed E-state index contributed by atoms with van der Waals surface area (Å²) in [4.78, 5) is 4.20. The van der Waals surface area contributed by atoms with Crippen molar-refractivity contribution in [2.75, 3.05) is 19.6 Å². The summed E-state index contributed by atoms with van der Waals surface area (Å²) in [6.45, 7) is 4.88. The summed E-state index contributed by atoms with van der Waals surface area (Å²) in [5, 5.41) is 11.5. The fourth-order valence-corrected chi connectivity index (χ4v) is 6.34. The number of hydrogen-bond donors (Lipinski definition) is 0. The standard InChI is InChI=1S/C22H32N4S/c1-2-5-17(6-3-1)8-13-25-14-9-18(10-15-25)21-23-24-22-19-11-16-27-20(19)7-4-12-26(21)22/h11,16-18H,1-10,12-15H2. The van der Waals surface area contributed by atoms with Crippen molar-refractivity contribution in [3.05, 3.63) is 22.1 Å². The lowest BCUT2D eigenvalue weighted by Crippen LogP contribution is -2.35. The Morgan fingerprint density at radius 2 is 1.81 bits per heavy atom. The molecule has 5 heteroatoms. The van der Waals surface area contributed by atoms with Gasteiger partial charge in [-0.15, -0.1) is 21.5 Å². The molecule has 0 spiro atoms. The Labute approximate surface area is 167 Å². The maximum atomic E-state index is 4.69. The lowest BCUT2D eigenvalue weighted by Gasteiger charge is -2.33. The predicted molar refractivity (Wildman–Crippen MR) is 111 cm³/mol. The Hall–Kier alpha value is -1.20. The first-order valence-corrected chi connectivity index (χ1v) is 12.0. The summed E-state index contributed by atoms with van der Waals surface area (Å²) >= 11 is 1.88. The summed E-state index contributed by atoms with van der Waals surface area (Å²) in [6.07, 6.45) is 13.7. The van der Waals surface area contributed by atoms with Gasteiger partial charge in [-0.3, -0.25) is 0 Å². The van der Waals surface area contributed by atoms with E-state index in [-0.39, 0.29) is 0 Å². The molecule has 146 valence electrons. The van der Waals surface area contributed by atoms with E-state index in [1.54, 1.807) is 0 Å². The zero-order valence-corrected chi connectivity index (χ0v) is 17.2. The minimum absolute atomic E-state index is 0.595. The van der Waals surface area contributed by atoms with Gasteiger partial charge in [-0.1, -0.05) is 32.1 Å². The smallest absolute Gasteiger partial charge is 0.165 e. The number of hydrogen-bond acceptors (Lipinski definition) is 4. The van der Waals surface area contributed by atoms with Crippen LogP contribution < -0.4 is 0 Å². The van der Waals surface area contributed by atoms with Crippen molar-refractivity contribution >= 4 is 11.3 Å². The molecule has 2 aromatic heterocycles. The quantitative estimate of drug-likeness (QED) is 0.735. The summed E-state index contributed by atoms with van der Waals surface area (Å²) in [6, 6.07) is 2.24. The molecule has 1 aliphatic carbocycles. The molecule has 27 heavy (non-hydrogen) atoms. The highest BCUT2D eigenvalue weighted by atomic mass is 32.1. The Morgan fingerprint density at radius 3 is 2.67 bits per heavy atom. The van der Waals surface area contributed by atoms with Crippen LogP contribution in [0, 0.1) is 5.92 Å². The Balaban J connectivity index is 1.21. The number of aryl methyl sites for hydroxylation is 1. The topological polar surface area (TPSA) is 34.0 Å². The molecule has 1 saturated heterocycles. The molecule has 0 aromatic carbocycles. The van der Waals surface area contributed by atoms with E-state index in [0.717, 1.165) is 18.3 Å². The number of piperidine rings is 1. The Kier molecular flexibility index (Phi) is 5.32. The van der Waals surface area contributed by atoms with Gasteiger partial charge in [0.25, 0.3) is 0 Å². The third-order valence-corrected chi connectivity index (χ3v) is 8.06. The fraction of sp³-hybridized carbons (Fsp3) is 0.727. The molecule has 0 unspecified atom stereocenters. The molecule has 4 nitrogen and oxygen atoms in total. The normalized spacial score (nSPS) is 22.4. The zero-order chi connectivity index (χ0) is 18.1. The average molecular weight is 385 g/mol. The zero-order valence-electron chi connectivity index (χ0n) is 16.4. The SMILES string of the molecule is c1cc2c(s1)CCCn1c-2nnc1C1CCN(CCC2CCCCC2)CC1. The van der Waals surface area contributed by atoms with Crippen LogP contribution in [0.15, 0.2) is 11.4 Å². The van der Waals surface area contributed by atoms with Crippen LogP contribution in [0.5, 0.6) is 0 Å². The van der Waals surface area contributed by atoms with E-state index in [0.29, 0.717) is 5.92 Å². The van der Waals surface area contributed by atoms with Gasteiger partial charge >= 0.3 is 0 Å². The molecule has 0 amide bonds. The molecule has 0 atom stereocenters. The molecule has 2 fully saturated rings. The van der Waals surface area contributed by atoms with Gasteiger partial charge in [0.2, 0.25) is 0 Å². The Bertz CT molecular complexity index is 750. The van der Waals surface area contributed by atoms with Gasteiger partial charge in [0.05, 0.1) is 0 Å². The largest absolute Gasteiger partial charge is 0.311 e. The number of thiophene rings is 1. The van der Waals surface area contributed by atoms with E-state index in [1.165, 1.54) is 100 Å². The van der Waals surface area contributed by atoms with E-state index >= 15 is 0 Å². The van der Waals surface area contributed by atoms with Crippen molar-refractivity contribution in [3.8, 4) is 11.4 Å². The van der Waals surface area contributed by atoms with Crippen LogP contribution in [0.4, 0.5) is 0 Å². The highest BCUT2D eigenvalue weighted by Crippen LogP contribution is 2.35. The summed E-state index contributed by atoms with van der Waals surface area (Å²) in [5.74, 6) is 3.98. The predicted octanol–water partition coefficient (Wildman–Crippen LogP) is 5.10. The molecule has 2 aliphatic heterocycles. The monoisotopic (exact) mass is 384 g/mol. The van der Waals surface area contributed by atoms with Crippen molar-refractivity contribution in [3.63, 3.8) is 0 Å². The number of nitrogens with zero attached hydrogens (tertiary/aromatic N) is 4. The average Bonchev–Trinajstić information content (AvgIpc) is 3.31. The van der Waals surface area contributed by atoms with Gasteiger partial charge in [0.1, 0.15) is 5.82 Å². The van der Waals surface area contributed by atoms with Crippen LogP contribution in [0.3, 0.4) is 0 Å². The highest BCUT2D eigenvalue weighted by Gasteiger charge is 2.28. The summed E-state index contributed by atoms with van der Waals surface area (Å²) in [5.41, 5.74) is 1.33. The van der Waals surface area contributed by atoms with Crippen molar-refractivity contribution in [2.24, 2.45) is 5.92 Å². The van der Waals surface area contributed by atoms with Gasteiger partial charge in [0, 0.05) is 22.9 Å². The van der Waals surface area contributed by atoms with Crippen LogP contribution in [0.1, 0.15) is 74.4 Å². The second-order valence-electron chi connectivity index (χ2n) is 8.80. The van der Waals surface area contributed by atoms with Gasteiger partial charge in [0.15, 0.2) is 5.82 Å².